The van der Waals surface area contributed by atoms with Crippen LogP contribution in [0.1, 0.15) is 66.6 Å². The van der Waals surface area contributed by atoms with Crippen LogP contribution in [0.25, 0.3) is 22.5 Å². The summed E-state index contributed by atoms with van der Waals surface area (Å²) >= 11 is 0. The molecule has 0 N–H and O–H groups in total. The van der Waals surface area contributed by atoms with Gasteiger partial charge in [0.05, 0.1) is 57.4 Å². The Hall–Kier alpha value is -7.02. The van der Waals surface area contributed by atoms with Crippen molar-refractivity contribution in [3.63, 3.8) is 0 Å². The minimum absolute atomic E-state index is 0.184. The lowest BCUT2D eigenvalue weighted by atomic mass is 9.73. The largest absolute Gasteiger partial charge is 0.310 e. The van der Waals surface area contributed by atoms with E-state index >= 15 is 0 Å². The highest BCUT2D eigenvalue weighted by molar-refractivity contribution is 5.90. The standard InChI is InChI=1S/C49H38N6/c1-31-46(36-24-22-34(26-32(36)28-50)54-42-18-10-6-14-38(42)48(2,3)39-15-7-11-19-43(39)54)52-30-53-47(31)37-25-23-35(27-33(37)29-51)55-44-20-12-8-16-40(44)49(4,5)41-17-9-13-21-45(41)55/h6-27,30H,1-5H3. The maximum absolute atomic E-state index is 10.6. The maximum Gasteiger partial charge on any atom is 0.116 e. The second-order valence-electron chi connectivity index (χ2n) is 15.4. The average Bonchev–Trinajstić information content (AvgIpc) is 3.21. The number of fused-ring (bicyclic) bond motifs is 4. The van der Waals surface area contributed by atoms with Crippen LogP contribution in [-0.2, 0) is 10.8 Å². The molecule has 6 heteroatoms. The van der Waals surface area contributed by atoms with Crippen LogP contribution in [0.3, 0.4) is 0 Å². The number of aromatic nitrogens is 2. The highest BCUT2D eigenvalue weighted by atomic mass is 15.2. The summed E-state index contributed by atoms with van der Waals surface area (Å²) in [4.78, 5) is 13.9. The minimum atomic E-state index is -0.184. The second kappa shape index (κ2) is 12.5. The van der Waals surface area contributed by atoms with Gasteiger partial charge in [0.1, 0.15) is 6.33 Å². The molecule has 0 saturated heterocycles. The van der Waals surface area contributed by atoms with Gasteiger partial charge in [-0.05, 0) is 89.8 Å². The van der Waals surface area contributed by atoms with Gasteiger partial charge in [0.2, 0.25) is 0 Å². The van der Waals surface area contributed by atoms with E-state index in [1.54, 1.807) is 0 Å². The van der Waals surface area contributed by atoms with E-state index in [1.807, 2.05) is 31.2 Å². The van der Waals surface area contributed by atoms with Crippen molar-refractivity contribution >= 4 is 34.1 Å². The van der Waals surface area contributed by atoms with E-state index in [-0.39, 0.29) is 10.8 Å². The normalized spacial score (nSPS) is 14.5. The third-order valence-corrected chi connectivity index (χ3v) is 11.6. The smallest absolute Gasteiger partial charge is 0.116 e. The number of anilines is 6. The van der Waals surface area contributed by atoms with E-state index in [9.17, 15) is 10.5 Å². The van der Waals surface area contributed by atoms with Crippen molar-refractivity contribution in [1.82, 2.24) is 9.97 Å². The summed E-state index contributed by atoms with van der Waals surface area (Å²) < 4.78 is 0. The summed E-state index contributed by atoms with van der Waals surface area (Å²) in [6.45, 7) is 11.0. The van der Waals surface area contributed by atoms with Crippen LogP contribution < -0.4 is 9.80 Å². The Balaban J connectivity index is 1.13. The molecule has 0 aliphatic carbocycles. The number of hydrogen-bond acceptors (Lipinski definition) is 6. The number of para-hydroxylation sites is 4. The van der Waals surface area contributed by atoms with Crippen LogP contribution in [0.2, 0.25) is 0 Å². The third-order valence-electron chi connectivity index (χ3n) is 11.6. The van der Waals surface area contributed by atoms with E-state index < -0.39 is 0 Å². The molecule has 0 atom stereocenters. The van der Waals surface area contributed by atoms with E-state index in [0.29, 0.717) is 33.6 Å². The number of nitriles is 2. The molecular formula is C49H38N6. The zero-order valence-electron chi connectivity index (χ0n) is 31.5. The van der Waals surface area contributed by atoms with E-state index in [1.165, 1.54) is 28.6 Å². The van der Waals surface area contributed by atoms with Gasteiger partial charge in [0.15, 0.2) is 0 Å². The van der Waals surface area contributed by atoms with Crippen LogP contribution in [0.4, 0.5) is 34.1 Å². The van der Waals surface area contributed by atoms with Crippen molar-refractivity contribution in [1.29, 1.82) is 10.5 Å². The van der Waals surface area contributed by atoms with Gasteiger partial charge in [0, 0.05) is 38.9 Å². The molecule has 9 rings (SSSR count). The Morgan fingerprint density at radius 3 is 1.13 bits per heavy atom. The van der Waals surface area contributed by atoms with Gasteiger partial charge in [-0.3, -0.25) is 0 Å². The summed E-state index contributed by atoms with van der Waals surface area (Å²) in [5.74, 6) is 0. The third kappa shape index (κ3) is 5.07. The number of benzene rings is 6. The molecule has 0 saturated carbocycles. The first-order chi connectivity index (χ1) is 26.6. The fourth-order valence-electron chi connectivity index (χ4n) is 8.83. The fourth-order valence-corrected chi connectivity index (χ4v) is 8.83. The molecule has 0 bridgehead atoms. The number of hydrogen-bond donors (Lipinski definition) is 0. The topological polar surface area (TPSA) is 79.8 Å². The van der Waals surface area contributed by atoms with Gasteiger partial charge in [-0.1, -0.05) is 100 Å². The monoisotopic (exact) mass is 710 g/mol. The van der Waals surface area contributed by atoms with Crippen LogP contribution in [0, 0.1) is 29.6 Å². The molecule has 7 aromatic rings. The van der Waals surface area contributed by atoms with Gasteiger partial charge in [-0.2, -0.15) is 10.5 Å². The summed E-state index contributed by atoms with van der Waals surface area (Å²) in [5, 5.41) is 21.2. The summed E-state index contributed by atoms with van der Waals surface area (Å²) in [7, 11) is 0. The van der Waals surface area contributed by atoms with Crippen LogP contribution >= 0.6 is 0 Å². The molecule has 2 aliphatic heterocycles. The Kier molecular flexibility index (Phi) is 7.71. The Morgan fingerprint density at radius 2 is 0.800 bits per heavy atom. The van der Waals surface area contributed by atoms with E-state index in [4.69, 9.17) is 9.97 Å². The highest BCUT2D eigenvalue weighted by Gasteiger charge is 2.38. The molecule has 0 fully saturated rings. The molecule has 0 unspecified atom stereocenters. The summed E-state index contributed by atoms with van der Waals surface area (Å²) in [6, 6.07) is 50.9. The molecule has 6 nitrogen and oxygen atoms in total. The van der Waals surface area contributed by atoms with Crippen LogP contribution in [0.15, 0.2) is 140 Å². The predicted molar refractivity (Wildman–Crippen MR) is 221 cm³/mol. The molecule has 0 amide bonds. The molecule has 3 heterocycles. The van der Waals surface area contributed by atoms with Crippen molar-refractivity contribution in [2.45, 2.75) is 45.4 Å². The van der Waals surface area contributed by atoms with E-state index in [0.717, 1.165) is 39.7 Å². The lowest BCUT2D eigenvalue weighted by molar-refractivity contribution is 0.632. The van der Waals surface area contributed by atoms with Crippen LogP contribution in [-0.4, -0.2) is 9.97 Å². The van der Waals surface area contributed by atoms with E-state index in [2.05, 4.69) is 159 Å². The van der Waals surface area contributed by atoms with Crippen LogP contribution in [0.5, 0.6) is 0 Å². The van der Waals surface area contributed by atoms with Crippen molar-refractivity contribution in [3.8, 4) is 34.7 Å². The fraction of sp³-hybridized carbons (Fsp3) is 0.143. The molecular weight excluding hydrogens is 673 g/mol. The highest BCUT2D eigenvalue weighted by Crippen LogP contribution is 2.53. The van der Waals surface area contributed by atoms with Crippen molar-refractivity contribution in [2.75, 3.05) is 9.80 Å². The van der Waals surface area contributed by atoms with Gasteiger partial charge in [0.25, 0.3) is 0 Å². The second-order valence-corrected chi connectivity index (χ2v) is 15.4. The molecule has 0 radical (unpaired) electrons. The minimum Gasteiger partial charge on any atom is -0.310 e. The molecule has 6 aromatic carbocycles. The first-order valence-electron chi connectivity index (χ1n) is 18.5. The Morgan fingerprint density at radius 1 is 0.473 bits per heavy atom. The van der Waals surface area contributed by atoms with Gasteiger partial charge in [-0.15, -0.1) is 0 Å². The van der Waals surface area contributed by atoms with Gasteiger partial charge in [-0.25, -0.2) is 9.97 Å². The van der Waals surface area contributed by atoms with Crippen molar-refractivity contribution < 1.29 is 0 Å². The lowest BCUT2D eigenvalue weighted by Crippen LogP contribution is -2.30. The molecule has 55 heavy (non-hydrogen) atoms. The molecule has 1 aromatic heterocycles. The lowest BCUT2D eigenvalue weighted by Gasteiger charge is -2.42. The van der Waals surface area contributed by atoms with Gasteiger partial charge >= 0.3 is 0 Å². The molecule has 264 valence electrons. The SMILES string of the molecule is Cc1c(-c2ccc(N3c4ccccc4C(C)(C)c4ccccc43)cc2C#N)ncnc1-c1ccc(N2c3ccccc3C(C)(C)c3ccccc32)cc1C#N. The molecule has 0 spiro atoms. The average molecular weight is 711 g/mol. The first-order valence-corrected chi connectivity index (χ1v) is 18.5. The summed E-state index contributed by atoms with van der Waals surface area (Å²) in [6.07, 6.45) is 1.53. The molecule has 2 aliphatic rings. The Labute approximate surface area is 322 Å². The van der Waals surface area contributed by atoms with Crippen molar-refractivity contribution in [2.24, 2.45) is 0 Å². The number of rotatable bonds is 4. The maximum atomic E-state index is 10.6. The number of nitrogens with zero attached hydrogens (tertiary/aromatic N) is 6. The quantitative estimate of drug-likeness (QED) is 0.181. The Bertz CT molecular complexity index is 2500. The predicted octanol–water partition coefficient (Wildman–Crippen LogP) is 12.1. The summed E-state index contributed by atoms with van der Waals surface area (Å²) in [5.41, 5.74) is 15.2. The van der Waals surface area contributed by atoms with Gasteiger partial charge < -0.3 is 9.80 Å². The van der Waals surface area contributed by atoms with Crippen molar-refractivity contribution in [3.05, 3.63) is 179 Å². The first kappa shape index (κ1) is 33.8. The zero-order valence-corrected chi connectivity index (χ0v) is 31.5. The zero-order chi connectivity index (χ0) is 38.1.